The molecule has 134 valence electrons. The van der Waals surface area contributed by atoms with Gasteiger partial charge in [-0.1, -0.05) is 32.0 Å². The Morgan fingerprint density at radius 3 is 2.65 bits per heavy atom. The van der Waals surface area contributed by atoms with Gasteiger partial charge in [-0.05, 0) is 36.2 Å². The molecule has 6 heteroatoms. The largest absolute Gasteiger partial charge is 0.493 e. The van der Waals surface area contributed by atoms with Crippen molar-refractivity contribution >= 4 is 17.6 Å². The molecular formula is C20H20N2O4. The molecule has 0 spiro atoms. The van der Waals surface area contributed by atoms with Gasteiger partial charge < -0.3 is 14.8 Å². The third-order valence-corrected chi connectivity index (χ3v) is 3.31. The summed E-state index contributed by atoms with van der Waals surface area (Å²) in [6.45, 7) is 4.15. The van der Waals surface area contributed by atoms with Crippen LogP contribution in [0.4, 0.5) is 5.69 Å². The molecular weight excluding hydrogens is 332 g/mol. The highest BCUT2D eigenvalue weighted by Gasteiger charge is 2.12. The number of anilines is 1. The fraction of sp³-hybridized carbons (Fsp3) is 0.250. The summed E-state index contributed by atoms with van der Waals surface area (Å²) < 4.78 is 10.6. The second-order valence-corrected chi connectivity index (χ2v) is 6.01. The van der Waals surface area contributed by atoms with E-state index in [9.17, 15) is 9.59 Å². The molecule has 0 saturated heterocycles. The number of benzene rings is 2. The average molecular weight is 352 g/mol. The lowest BCUT2D eigenvalue weighted by molar-refractivity contribution is -0.119. The molecule has 26 heavy (non-hydrogen) atoms. The summed E-state index contributed by atoms with van der Waals surface area (Å²) in [5, 5.41) is 11.6. The molecule has 0 aromatic heterocycles. The van der Waals surface area contributed by atoms with Crippen LogP contribution in [0.1, 0.15) is 29.8 Å². The summed E-state index contributed by atoms with van der Waals surface area (Å²) in [6, 6.07) is 15.2. The van der Waals surface area contributed by atoms with Crippen molar-refractivity contribution < 1.29 is 19.1 Å². The van der Waals surface area contributed by atoms with E-state index in [4.69, 9.17) is 14.7 Å². The number of nitriles is 1. The van der Waals surface area contributed by atoms with Gasteiger partial charge in [0.15, 0.2) is 6.61 Å². The lowest BCUT2D eigenvalue weighted by Crippen LogP contribution is -2.21. The zero-order chi connectivity index (χ0) is 18.9. The van der Waals surface area contributed by atoms with E-state index < -0.39 is 18.5 Å². The minimum atomic E-state index is -0.622. The van der Waals surface area contributed by atoms with Gasteiger partial charge in [-0.3, -0.25) is 4.79 Å². The van der Waals surface area contributed by atoms with Crippen LogP contribution >= 0.6 is 0 Å². The predicted molar refractivity (Wildman–Crippen MR) is 96.8 cm³/mol. The molecule has 0 heterocycles. The van der Waals surface area contributed by atoms with Gasteiger partial charge in [-0.15, -0.1) is 0 Å². The summed E-state index contributed by atoms with van der Waals surface area (Å²) in [7, 11) is 0. The highest BCUT2D eigenvalue weighted by Crippen LogP contribution is 2.16. The smallest absolute Gasteiger partial charge is 0.338 e. The second kappa shape index (κ2) is 9.23. The molecule has 0 saturated carbocycles. The normalized spacial score (nSPS) is 10.1. The van der Waals surface area contributed by atoms with Crippen molar-refractivity contribution in [2.75, 3.05) is 18.5 Å². The van der Waals surface area contributed by atoms with Crippen molar-refractivity contribution in [3.8, 4) is 11.8 Å². The maximum Gasteiger partial charge on any atom is 0.338 e. The molecule has 0 fully saturated rings. The Kier molecular flexibility index (Phi) is 6.75. The summed E-state index contributed by atoms with van der Waals surface area (Å²) in [4.78, 5) is 24.0. The third-order valence-electron chi connectivity index (χ3n) is 3.31. The molecule has 0 unspecified atom stereocenters. The maximum atomic E-state index is 12.1. The van der Waals surface area contributed by atoms with Crippen molar-refractivity contribution in [3.63, 3.8) is 0 Å². The van der Waals surface area contributed by atoms with E-state index >= 15 is 0 Å². The lowest BCUT2D eigenvalue weighted by atomic mass is 10.2. The Labute approximate surface area is 152 Å². The Balaban J connectivity index is 1.91. The second-order valence-electron chi connectivity index (χ2n) is 6.01. The van der Waals surface area contributed by atoms with E-state index in [-0.39, 0.29) is 0 Å². The van der Waals surface area contributed by atoms with E-state index in [1.807, 2.05) is 19.9 Å². The van der Waals surface area contributed by atoms with Crippen LogP contribution in [0.25, 0.3) is 0 Å². The van der Waals surface area contributed by atoms with Crippen molar-refractivity contribution in [3.05, 3.63) is 59.7 Å². The number of esters is 1. The maximum absolute atomic E-state index is 12.1. The molecule has 6 nitrogen and oxygen atoms in total. The summed E-state index contributed by atoms with van der Waals surface area (Å²) in [5.41, 5.74) is 1.01. The molecule has 0 aliphatic rings. The first-order chi connectivity index (χ1) is 12.5. The van der Waals surface area contributed by atoms with E-state index in [1.165, 1.54) is 0 Å². The SMILES string of the molecule is CC(C)COc1cccc(C(=O)OCC(=O)Nc2ccccc2C#N)c1. The lowest BCUT2D eigenvalue weighted by Gasteiger charge is -2.10. The van der Waals surface area contributed by atoms with E-state index in [0.29, 0.717) is 35.1 Å². The number of rotatable bonds is 7. The number of carbonyl (C=O) groups is 2. The molecule has 2 rings (SSSR count). The number of hydrogen-bond acceptors (Lipinski definition) is 5. The van der Waals surface area contributed by atoms with Gasteiger partial charge in [0, 0.05) is 0 Å². The zero-order valence-electron chi connectivity index (χ0n) is 14.7. The quantitative estimate of drug-likeness (QED) is 0.772. The molecule has 0 aliphatic carbocycles. The standard InChI is InChI=1S/C20H20N2O4/c1-14(2)12-25-17-8-5-7-15(10-17)20(24)26-13-19(23)22-18-9-4-3-6-16(18)11-21/h3-10,14H,12-13H2,1-2H3,(H,22,23). The number of nitrogens with one attached hydrogen (secondary N) is 1. The monoisotopic (exact) mass is 352 g/mol. The van der Waals surface area contributed by atoms with Gasteiger partial charge >= 0.3 is 5.97 Å². The number of para-hydroxylation sites is 1. The minimum absolute atomic E-state index is 0.302. The number of hydrogen-bond donors (Lipinski definition) is 1. The molecule has 0 aliphatic heterocycles. The average Bonchev–Trinajstić information content (AvgIpc) is 2.65. The number of carbonyl (C=O) groups excluding carboxylic acids is 2. The van der Waals surface area contributed by atoms with Crippen LogP contribution in [0, 0.1) is 17.2 Å². The van der Waals surface area contributed by atoms with Gasteiger partial charge in [0.2, 0.25) is 0 Å². The Bertz CT molecular complexity index is 825. The van der Waals surface area contributed by atoms with Crippen LogP contribution < -0.4 is 10.1 Å². The number of ether oxygens (including phenoxy) is 2. The predicted octanol–water partition coefficient (Wildman–Crippen LogP) is 3.39. The zero-order valence-corrected chi connectivity index (χ0v) is 14.7. The third kappa shape index (κ3) is 5.64. The summed E-state index contributed by atoms with van der Waals surface area (Å²) in [5.74, 6) is -0.205. The molecule has 1 amide bonds. The Hall–Kier alpha value is -3.33. The van der Waals surface area contributed by atoms with Crippen LogP contribution in [0.3, 0.4) is 0 Å². The van der Waals surface area contributed by atoms with E-state index in [2.05, 4.69) is 5.32 Å². The molecule has 0 bridgehead atoms. The first kappa shape index (κ1) is 19.0. The van der Waals surface area contributed by atoms with Crippen molar-refractivity contribution in [2.24, 2.45) is 5.92 Å². The first-order valence-electron chi connectivity index (χ1n) is 8.18. The van der Waals surface area contributed by atoms with Crippen LogP contribution in [0.15, 0.2) is 48.5 Å². The molecule has 1 N–H and O–H groups in total. The van der Waals surface area contributed by atoms with Gasteiger partial charge in [0.1, 0.15) is 11.8 Å². The van der Waals surface area contributed by atoms with Gasteiger partial charge in [0.05, 0.1) is 23.4 Å². The van der Waals surface area contributed by atoms with E-state index in [1.54, 1.807) is 48.5 Å². The Morgan fingerprint density at radius 1 is 1.15 bits per heavy atom. The van der Waals surface area contributed by atoms with Crippen molar-refractivity contribution in [2.45, 2.75) is 13.8 Å². The van der Waals surface area contributed by atoms with Crippen LogP contribution in [-0.4, -0.2) is 25.1 Å². The number of amides is 1. The Morgan fingerprint density at radius 2 is 1.92 bits per heavy atom. The van der Waals surface area contributed by atoms with Gasteiger partial charge in [0.25, 0.3) is 5.91 Å². The molecule has 0 radical (unpaired) electrons. The molecule has 0 atom stereocenters. The van der Waals surface area contributed by atoms with Gasteiger partial charge in [-0.2, -0.15) is 5.26 Å². The topological polar surface area (TPSA) is 88.4 Å². The number of nitrogens with zero attached hydrogens (tertiary/aromatic N) is 1. The van der Waals surface area contributed by atoms with E-state index in [0.717, 1.165) is 0 Å². The highest BCUT2D eigenvalue weighted by molar-refractivity contribution is 5.96. The molecule has 2 aromatic carbocycles. The van der Waals surface area contributed by atoms with Crippen molar-refractivity contribution in [1.29, 1.82) is 5.26 Å². The fourth-order valence-corrected chi connectivity index (χ4v) is 2.07. The summed E-state index contributed by atoms with van der Waals surface area (Å²) >= 11 is 0. The van der Waals surface area contributed by atoms with Crippen LogP contribution in [-0.2, 0) is 9.53 Å². The van der Waals surface area contributed by atoms with Gasteiger partial charge in [-0.25, -0.2) is 4.79 Å². The summed E-state index contributed by atoms with van der Waals surface area (Å²) in [6.07, 6.45) is 0. The highest BCUT2D eigenvalue weighted by atomic mass is 16.5. The van der Waals surface area contributed by atoms with Crippen LogP contribution in [0.5, 0.6) is 5.75 Å². The first-order valence-corrected chi connectivity index (χ1v) is 8.18. The van der Waals surface area contributed by atoms with Crippen molar-refractivity contribution in [1.82, 2.24) is 0 Å². The van der Waals surface area contributed by atoms with Crippen LogP contribution in [0.2, 0.25) is 0 Å². The minimum Gasteiger partial charge on any atom is -0.493 e. The fourth-order valence-electron chi connectivity index (χ4n) is 2.07. The molecule has 2 aromatic rings.